The van der Waals surface area contributed by atoms with Crippen molar-refractivity contribution < 1.29 is 18.0 Å². The maximum Gasteiger partial charge on any atom is 0.416 e. The Kier molecular flexibility index (Phi) is 4.81. The minimum absolute atomic E-state index is 0.0487. The summed E-state index contributed by atoms with van der Waals surface area (Å²) in [6.45, 7) is 1.74. The smallest absolute Gasteiger partial charge is 0.350 e. The number of H-pyrrole nitrogens is 1. The first-order chi connectivity index (χ1) is 14.2. The SMILES string of the molecule is Cc1ccc2[nH]c3c(=O)n(CC(=O)NCc4ccc(C(F)(F)F)cc4)cnc3c2c1. The van der Waals surface area contributed by atoms with Crippen LogP contribution in [0.1, 0.15) is 16.7 Å². The van der Waals surface area contributed by atoms with E-state index >= 15 is 0 Å². The number of benzene rings is 2. The molecule has 4 rings (SSSR count). The number of nitrogens with zero attached hydrogens (tertiary/aromatic N) is 2. The van der Waals surface area contributed by atoms with Gasteiger partial charge in [0, 0.05) is 17.4 Å². The van der Waals surface area contributed by atoms with E-state index in [-0.39, 0.29) is 18.6 Å². The number of hydrogen-bond acceptors (Lipinski definition) is 3. The van der Waals surface area contributed by atoms with Crippen molar-refractivity contribution in [2.75, 3.05) is 0 Å². The minimum Gasteiger partial charge on any atom is -0.350 e. The van der Waals surface area contributed by atoms with Crippen LogP contribution < -0.4 is 10.9 Å². The Labute approximate surface area is 168 Å². The van der Waals surface area contributed by atoms with Crippen molar-refractivity contribution in [1.29, 1.82) is 0 Å². The van der Waals surface area contributed by atoms with Gasteiger partial charge in [0.25, 0.3) is 5.56 Å². The van der Waals surface area contributed by atoms with Crippen LogP contribution in [0, 0.1) is 6.92 Å². The molecule has 9 heteroatoms. The molecule has 0 aliphatic heterocycles. The molecule has 0 aliphatic rings. The molecule has 6 nitrogen and oxygen atoms in total. The molecule has 0 saturated carbocycles. The summed E-state index contributed by atoms with van der Waals surface area (Å²) in [5.41, 5.74) is 2.06. The van der Waals surface area contributed by atoms with Gasteiger partial charge in [-0.3, -0.25) is 14.2 Å². The molecule has 0 fully saturated rings. The Morgan fingerprint density at radius 3 is 2.60 bits per heavy atom. The lowest BCUT2D eigenvalue weighted by Gasteiger charge is -2.09. The number of alkyl halides is 3. The average Bonchev–Trinajstić information content (AvgIpc) is 3.07. The summed E-state index contributed by atoms with van der Waals surface area (Å²) in [7, 11) is 0. The Morgan fingerprint density at radius 2 is 1.90 bits per heavy atom. The maximum atomic E-state index is 12.7. The molecule has 2 N–H and O–H groups in total. The van der Waals surface area contributed by atoms with Crippen molar-refractivity contribution in [2.24, 2.45) is 0 Å². The normalized spacial score (nSPS) is 11.9. The Hall–Kier alpha value is -3.62. The molecule has 0 bridgehead atoms. The van der Waals surface area contributed by atoms with E-state index in [4.69, 9.17) is 0 Å². The molecular weight excluding hydrogens is 397 g/mol. The fourth-order valence-corrected chi connectivity index (χ4v) is 3.24. The minimum atomic E-state index is -4.41. The van der Waals surface area contributed by atoms with Crippen LogP contribution in [0.4, 0.5) is 13.2 Å². The first-order valence-electron chi connectivity index (χ1n) is 9.13. The van der Waals surface area contributed by atoms with Crippen LogP contribution in [0.3, 0.4) is 0 Å². The zero-order chi connectivity index (χ0) is 21.5. The van der Waals surface area contributed by atoms with Gasteiger partial charge in [-0.1, -0.05) is 23.8 Å². The Morgan fingerprint density at radius 1 is 1.17 bits per heavy atom. The van der Waals surface area contributed by atoms with Gasteiger partial charge in [-0.05, 0) is 36.8 Å². The van der Waals surface area contributed by atoms with Crippen LogP contribution in [0.25, 0.3) is 21.9 Å². The molecule has 0 radical (unpaired) electrons. The number of aromatic amines is 1. The van der Waals surface area contributed by atoms with Gasteiger partial charge in [-0.2, -0.15) is 13.2 Å². The van der Waals surface area contributed by atoms with E-state index in [0.717, 1.165) is 28.6 Å². The van der Waals surface area contributed by atoms with Crippen LogP contribution in [0.5, 0.6) is 0 Å². The molecule has 2 aromatic carbocycles. The van der Waals surface area contributed by atoms with E-state index in [1.807, 2.05) is 25.1 Å². The Bertz CT molecular complexity index is 1300. The number of hydrogen-bond donors (Lipinski definition) is 2. The second-order valence-corrected chi connectivity index (χ2v) is 7.05. The molecule has 0 unspecified atom stereocenters. The third-order valence-corrected chi connectivity index (χ3v) is 4.81. The molecule has 0 spiro atoms. The average molecular weight is 414 g/mol. The Balaban J connectivity index is 1.48. The lowest BCUT2D eigenvalue weighted by atomic mass is 10.1. The first kappa shape index (κ1) is 19.7. The van der Waals surface area contributed by atoms with Gasteiger partial charge in [-0.15, -0.1) is 0 Å². The van der Waals surface area contributed by atoms with Crippen LogP contribution in [-0.2, 0) is 24.1 Å². The quantitative estimate of drug-likeness (QED) is 0.536. The summed E-state index contributed by atoms with van der Waals surface area (Å²) in [5.74, 6) is -0.454. The summed E-state index contributed by atoms with van der Waals surface area (Å²) in [6.07, 6.45) is -3.09. The summed E-state index contributed by atoms with van der Waals surface area (Å²) in [6, 6.07) is 10.2. The van der Waals surface area contributed by atoms with Gasteiger partial charge in [0.15, 0.2) is 0 Å². The van der Waals surface area contributed by atoms with E-state index in [1.54, 1.807) is 0 Å². The van der Waals surface area contributed by atoms with Gasteiger partial charge >= 0.3 is 6.18 Å². The predicted molar refractivity (Wildman–Crippen MR) is 106 cm³/mol. The third kappa shape index (κ3) is 3.78. The highest BCUT2D eigenvalue weighted by Crippen LogP contribution is 2.29. The number of fused-ring (bicyclic) bond motifs is 3. The van der Waals surface area contributed by atoms with E-state index in [2.05, 4.69) is 15.3 Å². The molecule has 4 aromatic rings. The van der Waals surface area contributed by atoms with E-state index in [9.17, 15) is 22.8 Å². The molecule has 0 saturated heterocycles. The predicted octanol–water partition coefficient (Wildman–Crippen LogP) is 3.52. The van der Waals surface area contributed by atoms with E-state index in [1.165, 1.54) is 23.0 Å². The van der Waals surface area contributed by atoms with Gasteiger partial charge in [-0.25, -0.2) is 4.98 Å². The number of aromatic nitrogens is 3. The highest BCUT2D eigenvalue weighted by atomic mass is 19.4. The van der Waals surface area contributed by atoms with Crippen molar-refractivity contribution in [2.45, 2.75) is 26.2 Å². The van der Waals surface area contributed by atoms with Crippen molar-refractivity contribution in [3.05, 3.63) is 75.8 Å². The molecule has 2 aromatic heterocycles. The van der Waals surface area contributed by atoms with Gasteiger partial charge in [0.2, 0.25) is 5.91 Å². The van der Waals surface area contributed by atoms with Crippen molar-refractivity contribution in [3.8, 4) is 0 Å². The molecule has 1 amide bonds. The van der Waals surface area contributed by atoms with Gasteiger partial charge in [0.05, 0.1) is 11.9 Å². The van der Waals surface area contributed by atoms with E-state index in [0.29, 0.717) is 16.6 Å². The molecule has 0 aliphatic carbocycles. The number of nitrogens with one attached hydrogen (secondary N) is 2. The fraction of sp³-hybridized carbons (Fsp3) is 0.190. The third-order valence-electron chi connectivity index (χ3n) is 4.81. The number of rotatable bonds is 4. The number of carbonyl (C=O) groups is 1. The molecule has 0 atom stereocenters. The van der Waals surface area contributed by atoms with Crippen molar-refractivity contribution in [1.82, 2.24) is 19.9 Å². The van der Waals surface area contributed by atoms with Crippen molar-refractivity contribution in [3.63, 3.8) is 0 Å². The zero-order valence-electron chi connectivity index (χ0n) is 15.9. The van der Waals surface area contributed by atoms with E-state index < -0.39 is 17.6 Å². The first-order valence-corrected chi connectivity index (χ1v) is 9.13. The van der Waals surface area contributed by atoms with Crippen molar-refractivity contribution >= 4 is 27.8 Å². The highest BCUT2D eigenvalue weighted by Gasteiger charge is 2.29. The molecule has 30 heavy (non-hydrogen) atoms. The van der Waals surface area contributed by atoms with Gasteiger partial charge < -0.3 is 10.3 Å². The molecular formula is C21H17F3N4O2. The van der Waals surface area contributed by atoms with Crippen LogP contribution in [0.2, 0.25) is 0 Å². The summed E-state index contributed by atoms with van der Waals surface area (Å²) in [4.78, 5) is 32.3. The number of aryl methyl sites for hydroxylation is 1. The zero-order valence-corrected chi connectivity index (χ0v) is 15.9. The lowest BCUT2D eigenvalue weighted by molar-refractivity contribution is -0.137. The second-order valence-electron chi connectivity index (χ2n) is 7.05. The highest BCUT2D eigenvalue weighted by molar-refractivity contribution is 6.04. The second kappa shape index (κ2) is 7.33. The summed E-state index contributed by atoms with van der Waals surface area (Å²) < 4.78 is 39.0. The largest absolute Gasteiger partial charge is 0.416 e. The lowest BCUT2D eigenvalue weighted by Crippen LogP contribution is -2.32. The topological polar surface area (TPSA) is 79.8 Å². The van der Waals surface area contributed by atoms with Crippen LogP contribution in [0.15, 0.2) is 53.6 Å². The standard InChI is InChI=1S/C21H17F3N4O2/c1-12-2-7-16-15(8-12)18-19(27-16)20(30)28(11-26-18)10-17(29)25-9-13-3-5-14(6-4-13)21(22,23)24/h2-8,11,27H,9-10H2,1H3,(H,25,29). The number of carbonyl (C=O) groups excluding carboxylic acids is 1. The monoisotopic (exact) mass is 414 g/mol. The molecule has 154 valence electrons. The summed E-state index contributed by atoms with van der Waals surface area (Å²) >= 11 is 0. The molecule has 2 heterocycles. The summed E-state index contributed by atoms with van der Waals surface area (Å²) in [5, 5.41) is 3.43. The van der Waals surface area contributed by atoms with Crippen LogP contribution >= 0.6 is 0 Å². The fourth-order valence-electron chi connectivity index (χ4n) is 3.24. The van der Waals surface area contributed by atoms with Gasteiger partial charge in [0.1, 0.15) is 17.6 Å². The number of halogens is 3. The van der Waals surface area contributed by atoms with Crippen LogP contribution in [-0.4, -0.2) is 20.4 Å². The maximum absolute atomic E-state index is 12.7. The number of amides is 1.